The second-order valence-electron chi connectivity index (χ2n) is 9.29. The summed E-state index contributed by atoms with van der Waals surface area (Å²) in [6, 6.07) is 1.11. The molecule has 0 radical (unpaired) electrons. The molecule has 1 unspecified atom stereocenters. The molecule has 0 saturated carbocycles. The number of primary amides is 1. The first-order chi connectivity index (χ1) is 14.3. The lowest BCUT2D eigenvalue weighted by atomic mass is 9.73. The fourth-order valence-corrected chi connectivity index (χ4v) is 4.40. The summed E-state index contributed by atoms with van der Waals surface area (Å²) in [5, 5.41) is 41.4. The second kappa shape index (κ2) is 8.29. The van der Waals surface area contributed by atoms with Crippen LogP contribution in [-0.4, -0.2) is 62.8 Å². The first-order valence-corrected chi connectivity index (χ1v) is 10.4. The van der Waals surface area contributed by atoms with Crippen LogP contribution in [-0.2, 0) is 20.7 Å². The van der Waals surface area contributed by atoms with E-state index in [9.17, 15) is 30.0 Å². The van der Waals surface area contributed by atoms with E-state index in [2.05, 4.69) is 0 Å². The highest BCUT2D eigenvalue weighted by molar-refractivity contribution is 5.96. The molecule has 2 aliphatic heterocycles. The number of cyclic esters (lactones) is 1. The van der Waals surface area contributed by atoms with Gasteiger partial charge in [-0.05, 0) is 18.1 Å². The molecule has 1 fully saturated rings. The zero-order chi connectivity index (χ0) is 23.2. The van der Waals surface area contributed by atoms with Gasteiger partial charge in [0.2, 0.25) is 5.91 Å². The number of amides is 1. The Kier molecular flexibility index (Phi) is 6.23. The van der Waals surface area contributed by atoms with E-state index in [1.807, 2.05) is 0 Å². The van der Waals surface area contributed by atoms with Crippen molar-refractivity contribution in [3.63, 3.8) is 0 Å². The minimum Gasteiger partial charge on any atom is -0.508 e. The summed E-state index contributed by atoms with van der Waals surface area (Å²) in [6.07, 6.45) is -3.69. The summed E-state index contributed by atoms with van der Waals surface area (Å²) in [6.45, 7) is 6.96. The van der Waals surface area contributed by atoms with Gasteiger partial charge in [-0.15, -0.1) is 0 Å². The topological polar surface area (TPSA) is 160 Å². The van der Waals surface area contributed by atoms with Crippen LogP contribution in [0, 0.1) is 18.3 Å². The van der Waals surface area contributed by atoms with Gasteiger partial charge in [0.15, 0.2) is 0 Å². The second-order valence-corrected chi connectivity index (χ2v) is 9.29. The van der Waals surface area contributed by atoms with Gasteiger partial charge in [-0.2, -0.15) is 0 Å². The Bertz CT molecular complexity index is 883. The van der Waals surface area contributed by atoms with E-state index in [1.165, 1.54) is 0 Å². The van der Waals surface area contributed by atoms with Crippen molar-refractivity contribution in [1.29, 1.82) is 0 Å². The van der Waals surface area contributed by atoms with Crippen LogP contribution in [0.2, 0.25) is 0 Å². The maximum Gasteiger partial charge on any atom is 0.342 e. The molecule has 0 aliphatic carbocycles. The van der Waals surface area contributed by atoms with Gasteiger partial charge in [-0.1, -0.05) is 20.8 Å². The Balaban J connectivity index is 1.78. The monoisotopic (exact) mass is 437 g/mol. The summed E-state index contributed by atoms with van der Waals surface area (Å²) >= 11 is 0. The number of phenols is 2. The van der Waals surface area contributed by atoms with Gasteiger partial charge >= 0.3 is 5.97 Å². The molecule has 9 nitrogen and oxygen atoms in total. The number of rotatable bonds is 5. The lowest BCUT2D eigenvalue weighted by Gasteiger charge is -2.46. The van der Waals surface area contributed by atoms with Crippen LogP contribution >= 0.6 is 0 Å². The lowest BCUT2D eigenvalue weighted by Crippen LogP contribution is -2.55. The number of fused-ring (bicyclic) bond motifs is 1. The SMILES string of the molecule is Cc1c(O)cc(O)c2c1CC([C@H](C)[C@@H](O)C[C@H]1O[C@H](C(N)=O)C[C@@H](O)C1(C)C)OC2=O. The molecule has 0 spiro atoms. The zero-order valence-electron chi connectivity index (χ0n) is 18.2. The van der Waals surface area contributed by atoms with Gasteiger partial charge in [0.25, 0.3) is 0 Å². The molecule has 1 amide bonds. The number of carbonyl (C=O) groups excluding carboxylic acids is 2. The number of nitrogens with two attached hydrogens (primary N) is 1. The van der Waals surface area contributed by atoms with Gasteiger partial charge in [-0.3, -0.25) is 4.79 Å². The normalized spacial score (nSPS) is 29.5. The van der Waals surface area contributed by atoms with E-state index in [-0.39, 0.29) is 36.3 Å². The van der Waals surface area contributed by atoms with E-state index < -0.39 is 53.7 Å². The molecule has 6 atom stereocenters. The number of ether oxygens (including phenoxy) is 2. The Morgan fingerprint density at radius 2 is 1.97 bits per heavy atom. The van der Waals surface area contributed by atoms with Crippen LogP contribution in [0.3, 0.4) is 0 Å². The minimum atomic E-state index is -0.978. The van der Waals surface area contributed by atoms with Crippen LogP contribution in [0.5, 0.6) is 11.5 Å². The Hall–Kier alpha value is -2.36. The number of aliphatic hydroxyl groups excluding tert-OH is 2. The van der Waals surface area contributed by atoms with Crippen LogP contribution < -0.4 is 5.73 Å². The van der Waals surface area contributed by atoms with Crippen molar-refractivity contribution in [1.82, 2.24) is 0 Å². The number of aliphatic hydroxyl groups is 2. The van der Waals surface area contributed by atoms with Gasteiger partial charge in [0.1, 0.15) is 29.3 Å². The summed E-state index contributed by atoms with van der Waals surface area (Å²) in [4.78, 5) is 24.1. The smallest absolute Gasteiger partial charge is 0.342 e. The first-order valence-electron chi connectivity index (χ1n) is 10.4. The summed E-state index contributed by atoms with van der Waals surface area (Å²) < 4.78 is 11.3. The maximum absolute atomic E-state index is 12.5. The molecule has 2 aliphatic rings. The van der Waals surface area contributed by atoms with E-state index in [1.54, 1.807) is 27.7 Å². The minimum absolute atomic E-state index is 0.0254. The van der Waals surface area contributed by atoms with Crippen LogP contribution in [0.15, 0.2) is 6.07 Å². The number of phenolic OH excluding ortho intramolecular Hbond substituents is 2. The first kappa shape index (κ1) is 23.3. The number of aromatic hydroxyl groups is 2. The molecule has 6 N–H and O–H groups in total. The van der Waals surface area contributed by atoms with Gasteiger partial charge < -0.3 is 35.6 Å². The van der Waals surface area contributed by atoms with E-state index in [0.717, 1.165) is 6.07 Å². The number of benzene rings is 1. The Morgan fingerprint density at radius 3 is 2.58 bits per heavy atom. The average molecular weight is 437 g/mol. The fourth-order valence-electron chi connectivity index (χ4n) is 4.40. The van der Waals surface area contributed by atoms with Crippen molar-refractivity contribution in [2.24, 2.45) is 17.1 Å². The predicted molar refractivity (Wildman–Crippen MR) is 109 cm³/mol. The van der Waals surface area contributed by atoms with Crippen LogP contribution in [0.1, 0.15) is 55.1 Å². The zero-order valence-corrected chi connectivity index (χ0v) is 18.2. The van der Waals surface area contributed by atoms with Gasteiger partial charge in [0, 0.05) is 36.7 Å². The molecule has 3 rings (SSSR count). The Morgan fingerprint density at radius 1 is 1.32 bits per heavy atom. The van der Waals surface area contributed by atoms with Crippen molar-refractivity contribution >= 4 is 11.9 Å². The van der Waals surface area contributed by atoms with Crippen molar-refractivity contribution < 1.29 is 39.5 Å². The summed E-state index contributed by atoms with van der Waals surface area (Å²) in [7, 11) is 0. The molecular formula is C22H31NO8. The largest absolute Gasteiger partial charge is 0.508 e. The van der Waals surface area contributed by atoms with E-state index in [0.29, 0.717) is 11.1 Å². The van der Waals surface area contributed by atoms with Crippen LogP contribution in [0.25, 0.3) is 0 Å². The highest BCUT2D eigenvalue weighted by Gasteiger charge is 2.47. The third-order valence-corrected chi connectivity index (χ3v) is 6.96. The number of esters is 1. The molecule has 0 aromatic heterocycles. The molecule has 172 valence electrons. The highest BCUT2D eigenvalue weighted by atomic mass is 16.5. The number of hydrogen-bond acceptors (Lipinski definition) is 8. The molecule has 1 aromatic rings. The van der Waals surface area contributed by atoms with Crippen molar-refractivity contribution in [3.05, 3.63) is 22.8 Å². The van der Waals surface area contributed by atoms with Gasteiger partial charge in [-0.25, -0.2) is 4.79 Å². The molecule has 31 heavy (non-hydrogen) atoms. The number of carbonyl (C=O) groups is 2. The highest BCUT2D eigenvalue weighted by Crippen LogP contribution is 2.41. The average Bonchev–Trinajstić information content (AvgIpc) is 2.68. The quantitative estimate of drug-likeness (QED) is 0.425. The molecule has 1 saturated heterocycles. The standard InChI is InChI=1S/C22H31NO8/c1-9-11-5-15(31-21(29)19(11)14(26)6-12(9)24)10(2)13(25)7-18-22(3,4)17(27)8-16(30-18)20(23)28/h6,10,13,15-18,24-27H,5,7-8H2,1-4H3,(H2,23,28)/t10-,13+,15?,16+,17-,18-/m1/s1. The lowest BCUT2D eigenvalue weighted by molar-refractivity contribution is -0.190. The third-order valence-electron chi connectivity index (χ3n) is 6.96. The van der Waals surface area contributed by atoms with Crippen molar-refractivity contribution in [2.75, 3.05) is 0 Å². The molecule has 9 heteroatoms. The van der Waals surface area contributed by atoms with E-state index >= 15 is 0 Å². The molecule has 0 bridgehead atoms. The van der Waals surface area contributed by atoms with Gasteiger partial charge in [0.05, 0.1) is 18.3 Å². The maximum atomic E-state index is 12.5. The number of hydrogen-bond donors (Lipinski definition) is 5. The molecule has 1 aromatic carbocycles. The third kappa shape index (κ3) is 4.22. The van der Waals surface area contributed by atoms with Crippen molar-refractivity contribution in [3.8, 4) is 11.5 Å². The molecular weight excluding hydrogens is 406 g/mol. The van der Waals surface area contributed by atoms with Crippen LogP contribution in [0.4, 0.5) is 0 Å². The van der Waals surface area contributed by atoms with E-state index in [4.69, 9.17) is 15.2 Å². The molecule has 2 heterocycles. The van der Waals surface area contributed by atoms with Crippen molar-refractivity contribution in [2.45, 2.75) is 77.5 Å². The Labute approximate surface area is 180 Å². The summed E-state index contributed by atoms with van der Waals surface area (Å²) in [5.74, 6) is -2.38. The summed E-state index contributed by atoms with van der Waals surface area (Å²) in [5.41, 5.74) is 5.61. The fraction of sp³-hybridized carbons (Fsp3) is 0.636. The predicted octanol–water partition coefficient (Wildman–Crippen LogP) is 0.905.